The molecule has 1 N–H and O–H groups in total. The van der Waals surface area contributed by atoms with E-state index in [2.05, 4.69) is 5.32 Å². The van der Waals surface area contributed by atoms with E-state index in [4.69, 9.17) is 44.3 Å². The first kappa shape index (κ1) is 18.7. The van der Waals surface area contributed by atoms with Gasteiger partial charge in [0, 0.05) is 10.6 Å². The molecule has 0 saturated heterocycles. The van der Waals surface area contributed by atoms with E-state index in [-0.39, 0.29) is 5.91 Å². The van der Waals surface area contributed by atoms with Crippen LogP contribution in [0.15, 0.2) is 30.3 Å². The number of nitrogens with one attached hydrogen (secondary N) is 1. The molecule has 0 aliphatic carbocycles. The predicted molar refractivity (Wildman–Crippen MR) is 98.2 cm³/mol. The van der Waals surface area contributed by atoms with E-state index in [0.29, 0.717) is 44.4 Å². The van der Waals surface area contributed by atoms with Crippen molar-refractivity contribution in [3.8, 4) is 11.5 Å². The number of ether oxygens (including phenoxy) is 2. The molecule has 4 nitrogen and oxygen atoms in total. The van der Waals surface area contributed by atoms with Gasteiger partial charge in [-0.2, -0.15) is 0 Å². The molecule has 2 rings (SSSR count). The Morgan fingerprint density at radius 1 is 1.12 bits per heavy atom. The average molecular weight is 389 g/mol. The molecule has 0 saturated carbocycles. The van der Waals surface area contributed by atoms with Gasteiger partial charge in [0.25, 0.3) is 5.91 Å². The molecule has 0 heterocycles. The lowest BCUT2D eigenvalue weighted by molar-refractivity contribution is 0.102. The van der Waals surface area contributed by atoms with Gasteiger partial charge in [-0.3, -0.25) is 4.79 Å². The lowest BCUT2D eigenvalue weighted by atomic mass is 10.1. The third-order valence-electron chi connectivity index (χ3n) is 3.12. The summed E-state index contributed by atoms with van der Waals surface area (Å²) in [5.41, 5.74) is 0.729. The summed E-state index contributed by atoms with van der Waals surface area (Å²) in [5, 5.41) is 3.84. The first-order valence-electron chi connectivity index (χ1n) is 7.23. The average Bonchev–Trinajstić information content (AvgIpc) is 2.56. The zero-order valence-corrected chi connectivity index (χ0v) is 15.4. The van der Waals surface area contributed by atoms with E-state index in [1.54, 1.807) is 24.3 Å². The summed E-state index contributed by atoms with van der Waals surface area (Å²) in [5.74, 6) is 0.415. The second kappa shape index (κ2) is 8.47. The van der Waals surface area contributed by atoms with Crippen LogP contribution in [-0.4, -0.2) is 19.6 Å². The summed E-state index contributed by atoms with van der Waals surface area (Å²) in [6, 6.07) is 7.89. The van der Waals surface area contributed by atoms with Gasteiger partial charge >= 0.3 is 0 Å². The van der Waals surface area contributed by atoms with Crippen LogP contribution < -0.4 is 14.8 Å². The van der Waals surface area contributed by atoms with Gasteiger partial charge in [-0.05, 0) is 36.8 Å². The molecule has 128 valence electrons. The summed E-state index contributed by atoms with van der Waals surface area (Å²) < 4.78 is 10.8. The van der Waals surface area contributed by atoms with Crippen molar-refractivity contribution < 1.29 is 14.3 Å². The second-order valence-electron chi connectivity index (χ2n) is 4.92. The van der Waals surface area contributed by atoms with Gasteiger partial charge in [0.15, 0.2) is 11.5 Å². The molecule has 0 atom stereocenters. The number of rotatable bonds is 6. The fraction of sp³-hybridized carbons (Fsp3) is 0.235. The number of amides is 1. The van der Waals surface area contributed by atoms with Crippen molar-refractivity contribution in [2.45, 2.75) is 13.3 Å². The summed E-state index contributed by atoms with van der Waals surface area (Å²) in [6.45, 7) is 2.48. The molecule has 0 radical (unpaired) electrons. The van der Waals surface area contributed by atoms with Crippen molar-refractivity contribution in [1.29, 1.82) is 0 Å². The van der Waals surface area contributed by atoms with Crippen LogP contribution in [0.4, 0.5) is 5.69 Å². The summed E-state index contributed by atoms with van der Waals surface area (Å²) in [7, 11) is 1.49. The molecule has 2 aromatic carbocycles. The maximum atomic E-state index is 12.5. The quantitative estimate of drug-likeness (QED) is 0.691. The van der Waals surface area contributed by atoms with Crippen LogP contribution in [-0.2, 0) is 0 Å². The van der Waals surface area contributed by atoms with Crippen molar-refractivity contribution in [1.82, 2.24) is 0 Å². The van der Waals surface area contributed by atoms with Crippen LogP contribution >= 0.6 is 34.8 Å². The highest BCUT2D eigenvalue weighted by molar-refractivity contribution is 6.36. The SMILES string of the molecule is CCCOc1c(Cl)cc(C(=O)Nc2cc(Cl)ccc2Cl)cc1OC. The Morgan fingerprint density at radius 3 is 2.54 bits per heavy atom. The molecule has 0 fully saturated rings. The van der Waals surface area contributed by atoms with E-state index in [1.165, 1.54) is 13.2 Å². The molecule has 0 spiro atoms. The smallest absolute Gasteiger partial charge is 0.255 e. The molecule has 0 bridgehead atoms. The van der Waals surface area contributed by atoms with Gasteiger partial charge in [-0.15, -0.1) is 0 Å². The van der Waals surface area contributed by atoms with E-state index in [0.717, 1.165) is 6.42 Å². The minimum atomic E-state index is -0.388. The number of carbonyl (C=O) groups excluding carboxylic acids is 1. The Labute approximate surface area is 155 Å². The van der Waals surface area contributed by atoms with Crippen molar-refractivity contribution in [3.05, 3.63) is 51.0 Å². The molecule has 0 aliphatic heterocycles. The van der Waals surface area contributed by atoms with E-state index in [9.17, 15) is 4.79 Å². The van der Waals surface area contributed by atoms with Crippen LogP contribution in [0, 0.1) is 0 Å². The summed E-state index contributed by atoms with van der Waals surface area (Å²) in [6.07, 6.45) is 0.828. The first-order chi connectivity index (χ1) is 11.5. The number of carbonyl (C=O) groups is 1. The Hall–Kier alpha value is -1.62. The molecular weight excluding hydrogens is 373 g/mol. The van der Waals surface area contributed by atoms with Gasteiger partial charge in [0.2, 0.25) is 0 Å². The number of hydrogen-bond donors (Lipinski definition) is 1. The maximum absolute atomic E-state index is 12.5. The molecule has 1 amide bonds. The van der Waals surface area contributed by atoms with Crippen molar-refractivity contribution in [2.75, 3.05) is 19.0 Å². The number of hydrogen-bond acceptors (Lipinski definition) is 3. The number of methoxy groups -OCH3 is 1. The Bertz CT molecular complexity index is 750. The van der Waals surface area contributed by atoms with Gasteiger partial charge in [-0.1, -0.05) is 41.7 Å². The number of anilines is 1. The van der Waals surface area contributed by atoms with E-state index in [1.807, 2.05) is 6.92 Å². The zero-order chi connectivity index (χ0) is 17.7. The number of halogens is 3. The molecule has 7 heteroatoms. The van der Waals surface area contributed by atoms with Crippen molar-refractivity contribution in [2.24, 2.45) is 0 Å². The highest BCUT2D eigenvalue weighted by Crippen LogP contribution is 2.37. The fourth-order valence-corrected chi connectivity index (χ4v) is 2.59. The van der Waals surface area contributed by atoms with Gasteiger partial charge in [0.1, 0.15) is 0 Å². The first-order valence-corrected chi connectivity index (χ1v) is 8.36. The summed E-state index contributed by atoms with van der Waals surface area (Å²) in [4.78, 5) is 12.5. The minimum Gasteiger partial charge on any atom is -0.493 e. The van der Waals surface area contributed by atoms with Crippen LogP contribution in [0.25, 0.3) is 0 Å². The third kappa shape index (κ3) is 4.47. The molecule has 0 unspecified atom stereocenters. The molecular formula is C17H16Cl3NO3. The highest BCUT2D eigenvalue weighted by atomic mass is 35.5. The monoisotopic (exact) mass is 387 g/mol. The van der Waals surface area contributed by atoms with E-state index >= 15 is 0 Å². The lowest BCUT2D eigenvalue weighted by Crippen LogP contribution is -2.13. The normalized spacial score (nSPS) is 10.4. The predicted octanol–water partition coefficient (Wildman–Crippen LogP) is 5.70. The summed E-state index contributed by atoms with van der Waals surface area (Å²) >= 11 is 18.2. The Balaban J connectivity index is 2.29. The fourth-order valence-electron chi connectivity index (χ4n) is 1.98. The van der Waals surface area contributed by atoms with Crippen LogP contribution in [0.2, 0.25) is 15.1 Å². The third-order valence-corrected chi connectivity index (χ3v) is 3.96. The minimum absolute atomic E-state index is 0.296. The van der Waals surface area contributed by atoms with Crippen LogP contribution in [0.3, 0.4) is 0 Å². The lowest BCUT2D eigenvalue weighted by Gasteiger charge is -2.14. The highest BCUT2D eigenvalue weighted by Gasteiger charge is 2.17. The van der Waals surface area contributed by atoms with Gasteiger partial charge in [-0.25, -0.2) is 0 Å². The van der Waals surface area contributed by atoms with Crippen molar-refractivity contribution in [3.63, 3.8) is 0 Å². The Kier molecular flexibility index (Phi) is 6.60. The van der Waals surface area contributed by atoms with Crippen molar-refractivity contribution >= 4 is 46.4 Å². The topological polar surface area (TPSA) is 47.6 Å². The van der Waals surface area contributed by atoms with Gasteiger partial charge < -0.3 is 14.8 Å². The molecule has 0 aromatic heterocycles. The molecule has 2 aromatic rings. The molecule has 24 heavy (non-hydrogen) atoms. The second-order valence-corrected chi connectivity index (χ2v) is 6.17. The largest absolute Gasteiger partial charge is 0.493 e. The van der Waals surface area contributed by atoms with E-state index < -0.39 is 0 Å². The maximum Gasteiger partial charge on any atom is 0.255 e. The zero-order valence-electron chi connectivity index (χ0n) is 13.2. The standard InChI is InChI=1S/C17H16Cl3NO3/c1-3-6-24-16-13(20)7-10(8-15(16)23-2)17(22)21-14-9-11(18)4-5-12(14)19/h4-5,7-9H,3,6H2,1-2H3,(H,21,22). The molecule has 0 aliphatic rings. The van der Waals surface area contributed by atoms with Gasteiger partial charge in [0.05, 0.1) is 29.4 Å². The Morgan fingerprint density at radius 2 is 1.88 bits per heavy atom. The van der Waals surface area contributed by atoms with Crippen LogP contribution in [0.5, 0.6) is 11.5 Å². The number of benzene rings is 2. The van der Waals surface area contributed by atoms with Crippen LogP contribution in [0.1, 0.15) is 23.7 Å².